The van der Waals surface area contributed by atoms with Gasteiger partial charge in [0.25, 0.3) is 5.91 Å². The monoisotopic (exact) mass is 476 g/mol. The van der Waals surface area contributed by atoms with E-state index in [9.17, 15) is 9.59 Å². The highest BCUT2D eigenvalue weighted by molar-refractivity contribution is 5.88. The van der Waals surface area contributed by atoms with Crippen molar-refractivity contribution in [1.29, 1.82) is 0 Å². The second-order valence-electron chi connectivity index (χ2n) is 8.02. The van der Waals surface area contributed by atoms with Crippen LogP contribution < -0.4 is 19.5 Å². The first kappa shape index (κ1) is 25.6. The summed E-state index contributed by atoms with van der Waals surface area (Å²) in [5.41, 5.74) is 1.94. The molecule has 7 heteroatoms. The van der Waals surface area contributed by atoms with Crippen LogP contribution in [0.5, 0.6) is 17.2 Å². The van der Waals surface area contributed by atoms with E-state index < -0.39 is 6.04 Å². The molecule has 0 radical (unpaired) electrons. The van der Waals surface area contributed by atoms with Gasteiger partial charge in [0.1, 0.15) is 11.8 Å². The van der Waals surface area contributed by atoms with Crippen molar-refractivity contribution < 1.29 is 23.8 Å². The Morgan fingerprint density at radius 3 is 2.17 bits per heavy atom. The third-order valence-corrected chi connectivity index (χ3v) is 5.63. The summed E-state index contributed by atoms with van der Waals surface area (Å²) in [5, 5.41) is 2.95. The second-order valence-corrected chi connectivity index (χ2v) is 8.02. The number of hydrogen-bond acceptors (Lipinski definition) is 5. The molecule has 0 heterocycles. The van der Waals surface area contributed by atoms with Crippen molar-refractivity contribution in [3.63, 3.8) is 0 Å². The second kappa shape index (κ2) is 13.0. The molecule has 35 heavy (non-hydrogen) atoms. The predicted octanol–water partition coefficient (Wildman–Crippen LogP) is 3.86. The van der Waals surface area contributed by atoms with Gasteiger partial charge in [0.2, 0.25) is 5.91 Å². The molecule has 0 aromatic heterocycles. The van der Waals surface area contributed by atoms with Crippen molar-refractivity contribution >= 4 is 11.8 Å². The van der Waals surface area contributed by atoms with Gasteiger partial charge in [-0.25, -0.2) is 0 Å². The molecule has 3 aromatic rings. The molecule has 0 bridgehead atoms. The van der Waals surface area contributed by atoms with Gasteiger partial charge in [-0.2, -0.15) is 0 Å². The fourth-order valence-electron chi connectivity index (χ4n) is 3.62. The summed E-state index contributed by atoms with van der Waals surface area (Å²) in [6, 6.07) is 23.7. The van der Waals surface area contributed by atoms with Crippen LogP contribution in [0.3, 0.4) is 0 Å². The van der Waals surface area contributed by atoms with Crippen molar-refractivity contribution in [2.45, 2.75) is 25.9 Å². The van der Waals surface area contributed by atoms with Crippen molar-refractivity contribution in [2.75, 3.05) is 27.4 Å². The molecule has 0 fully saturated rings. The third kappa shape index (κ3) is 7.50. The molecule has 2 amide bonds. The zero-order valence-electron chi connectivity index (χ0n) is 20.4. The molecule has 184 valence electrons. The van der Waals surface area contributed by atoms with E-state index in [1.807, 2.05) is 66.7 Å². The molecule has 1 unspecified atom stereocenters. The minimum absolute atomic E-state index is 0.153. The topological polar surface area (TPSA) is 77.1 Å². The Balaban J connectivity index is 1.62. The number of ether oxygens (including phenoxy) is 3. The first-order valence-electron chi connectivity index (χ1n) is 11.5. The summed E-state index contributed by atoms with van der Waals surface area (Å²) in [6.07, 6.45) is 0.614. The molecule has 0 saturated carbocycles. The van der Waals surface area contributed by atoms with Crippen molar-refractivity contribution in [2.24, 2.45) is 0 Å². The van der Waals surface area contributed by atoms with E-state index in [1.165, 1.54) is 0 Å². The number of amides is 2. The van der Waals surface area contributed by atoms with Crippen molar-refractivity contribution in [3.8, 4) is 17.2 Å². The largest absolute Gasteiger partial charge is 0.493 e. The zero-order chi connectivity index (χ0) is 25.0. The van der Waals surface area contributed by atoms with Gasteiger partial charge in [-0.1, -0.05) is 54.6 Å². The van der Waals surface area contributed by atoms with Gasteiger partial charge in [-0.3, -0.25) is 9.59 Å². The SMILES string of the molecule is COc1ccc(CCNC(=O)C(C)N(Cc2ccccc2)C(=O)COc2ccccc2)cc1OC. The molecule has 7 nitrogen and oxygen atoms in total. The van der Waals surface area contributed by atoms with E-state index in [0.29, 0.717) is 36.8 Å². The standard InChI is InChI=1S/C28H32N2O5/c1-21(28(32)29-17-16-22-14-15-25(33-2)26(18-22)34-3)30(19-23-10-6-4-7-11-23)27(31)20-35-24-12-8-5-9-13-24/h4-15,18,21H,16-17,19-20H2,1-3H3,(H,29,32). The summed E-state index contributed by atoms with van der Waals surface area (Å²) in [5.74, 6) is 1.41. The van der Waals surface area contributed by atoms with E-state index in [-0.39, 0.29) is 18.4 Å². The van der Waals surface area contributed by atoms with Gasteiger partial charge in [-0.05, 0) is 48.7 Å². The minimum atomic E-state index is -0.674. The lowest BCUT2D eigenvalue weighted by atomic mass is 10.1. The Morgan fingerprint density at radius 1 is 0.857 bits per heavy atom. The molecule has 0 aliphatic rings. The van der Waals surface area contributed by atoms with Crippen molar-refractivity contribution in [3.05, 3.63) is 90.0 Å². The Morgan fingerprint density at radius 2 is 1.51 bits per heavy atom. The molecule has 0 aliphatic heterocycles. The van der Waals surface area contributed by atoms with Gasteiger partial charge in [-0.15, -0.1) is 0 Å². The first-order chi connectivity index (χ1) is 17.0. The van der Waals surface area contributed by atoms with Gasteiger partial charge in [0, 0.05) is 13.1 Å². The Hall–Kier alpha value is -4.00. The average Bonchev–Trinajstić information content (AvgIpc) is 2.91. The fraction of sp³-hybridized carbons (Fsp3) is 0.286. The van der Waals surface area contributed by atoms with Crippen LogP contribution in [0.25, 0.3) is 0 Å². The normalized spacial score (nSPS) is 11.3. The maximum Gasteiger partial charge on any atom is 0.261 e. The third-order valence-electron chi connectivity index (χ3n) is 5.63. The van der Waals surface area contributed by atoms with E-state index in [0.717, 1.165) is 11.1 Å². The van der Waals surface area contributed by atoms with E-state index >= 15 is 0 Å². The number of carbonyl (C=O) groups is 2. The first-order valence-corrected chi connectivity index (χ1v) is 11.5. The molecule has 0 aliphatic carbocycles. The molecule has 1 N–H and O–H groups in total. The number of para-hydroxylation sites is 1. The number of nitrogens with zero attached hydrogens (tertiary/aromatic N) is 1. The number of rotatable bonds is 12. The maximum absolute atomic E-state index is 13.1. The maximum atomic E-state index is 13.1. The smallest absolute Gasteiger partial charge is 0.261 e. The van der Waals surface area contributed by atoms with Crippen LogP contribution >= 0.6 is 0 Å². The molecule has 3 aromatic carbocycles. The van der Waals surface area contributed by atoms with Gasteiger partial charge in [0.05, 0.1) is 14.2 Å². The van der Waals surface area contributed by atoms with E-state index in [4.69, 9.17) is 14.2 Å². The van der Waals surface area contributed by atoms with Crippen LogP contribution in [-0.4, -0.2) is 50.1 Å². The van der Waals surface area contributed by atoms with Gasteiger partial charge < -0.3 is 24.4 Å². The van der Waals surface area contributed by atoms with E-state index in [1.54, 1.807) is 38.2 Å². The fourth-order valence-corrected chi connectivity index (χ4v) is 3.62. The number of benzene rings is 3. The van der Waals surface area contributed by atoms with Gasteiger partial charge >= 0.3 is 0 Å². The number of hydrogen-bond donors (Lipinski definition) is 1. The quantitative estimate of drug-likeness (QED) is 0.430. The lowest BCUT2D eigenvalue weighted by molar-refractivity contribution is -0.142. The number of carbonyl (C=O) groups excluding carboxylic acids is 2. The van der Waals surface area contributed by atoms with Crippen LogP contribution in [0, 0.1) is 0 Å². The van der Waals surface area contributed by atoms with Crippen LogP contribution in [0.1, 0.15) is 18.1 Å². The molecule has 0 saturated heterocycles. The zero-order valence-corrected chi connectivity index (χ0v) is 20.4. The lowest BCUT2D eigenvalue weighted by Crippen LogP contribution is -2.49. The Bertz CT molecular complexity index is 1090. The Labute approximate surface area is 206 Å². The summed E-state index contributed by atoms with van der Waals surface area (Å²) >= 11 is 0. The van der Waals surface area contributed by atoms with Crippen molar-refractivity contribution in [1.82, 2.24) is 10.2 Å². The van der Waals surface area contributed by atoms with Gasteiger partial charge in [0.15, 0.2) is 18.1 Å². The van der Waals surface area contributed by atoms with Crippen LogP contribution in [0.2, 0.25) is 0 Å². The summed E-state index contributed by atoms with van der Waals surface area (Å²) < 4.78 is 16.3. The summed E-state index contributed by atoms with van der Waals surface area (Å²) in [6.45, 7) is 2.31. The summed E-state index contributed by atoms with van der Waals surface area (Å²) in [4.78, 5) is 27.6. The van der Waals surface area contributed by atoms with Crippen LogP contribution in [-0.2, 0) is 22.6 Å². The molecular weight excluding hydrogens is 444 g/mol. The molecule has 0 spiro atoms. The highest BCUT2D eigenvalue weighted by Crippen LogP contribution is 2.27. The van der Waals surface area contributed by atoms with Crippen LogP contribution in [0.15, 0.2) is 78.9 Å². The molecule has 3 rings (SSSR count). The van der Waals surface area contributed by atoms with Crippen LogP contribution in [0.4, 0.5) is 0 Å². The molecule has 1 atom stereocenters. The number of nitrogens with one attached hydrogen (secondary N) is 1. The highest BCUT2D eigenvalue weighted by atomic mass is 16.5. The number of methoxy groups -OCH3 is 2. The average molecular weight is 477 g/mol. The predicted molar refractivity (Wildman–Crippen MR) is 135 cm³/mol. The van der Waals surface area contributed by atoms with E-state index in [2.05, 4.69) is 5.32 Å². The summed E-state index contributed by atoms with van der Waals surface area (Å²) in [7, 11) is 3.18. The highest BCUT2D eigenvalue weighted by Gasteiger charge is 2.26. The lowest BCUT2D eigenvalue weighted by Gasteiger charge is -2.28. The molecular formula is C28H32N2O5. The minimum Gasteiger partial charge on any atom is -0.493 e. The Kier molecular flexibility index (Phi) is 9.54.